The van der Waals surface area contributed by atoms with E-state index in [2.05, 4.69) is 20.4 Å². The highest BCUT2D eigenvalue weighted by atomic mass is 16.6. The Kier molecular flexibility index (Phi) is 5.97. The highest BCUT2D eigenvalue weighted by Gasteiger charge is 2.09. The van der Waals surface area contributed by atoms with Gasteiger partial charge in [0.05, 0.1) is 5.56 Å². The number of hydrogen-bond acceptors (Lipinski definition) is 4. The molecule has 0 bridgehead atoms. The second kappa shape index (κ2) is 7.48. The summed E-state index contributed by atoms with van der Waals surface area (Å²) in [4.78, 5) is 22.8. The molecule has 0 unspecified atom stereocenters. The largest absolute Gasteiger partial charge is 0.459 e. The average Bonchev–Trinajstić information content (AvgIpc) is 2.43. The zero-order valence-electron chi connectivity index (χ0n) is 12.1. The smallest absolute Gasteiger partial charge is 0.338 e. The van der Waals surface area contributed by atoms with Gasteiger partial charge in [0.2, 0.25) is 0 Å². The van der Waals surface area contributed by atoms with Crippen LogP contribution >= 0.6 is 0 Å². The van der Waals surface area contributed by atoms with Crippen LogP contribution in [0.1, 0.15) is 42.6 Å². The van der Waals surface area contributed by atoms with Crippen LogP contribution < -0.4 is 0 Å². The molecular weight excluding hydrogens is 256 g/mol. The third kappa shape index (κ3) is 4.88. The fraction of sp³-hybridized carbons (Fsp3) is 0.375. The van der Waals surface area contributed by atoms with Crippen LogP contribution in [-0.2, 0) is 14.3 Å². The Hall–Kier alpha value is -2.10. The van der Waals surface area contributed by atoms with Gasteiger partial charge in [-0.15, -0.1) is 0 Å². The van der Waals surface area contributed by atoms with Gasteiger partial charge in [0.15, 0.2) is 0 Å². The van der Waals surface area contributed by atoms with Crippen molar-refractivity contribution in [1.29, 1.82) is 0 Å². The molecule has 0 atom stereocenters. The van der Waals surface area contributed by atoms with E-state index in [9.17, 15) is 9.59 Å². The van der Waals surface area contributed by atoms with E-state index in [1.54, 1.807) is 19.1 Å². The number of esters is 2. The summed E-state index contributed by atoms with van der Waals surface area (Å²) in [5.41, 5.74) is 1.97. The van der Waals surface area contributed by atoms with Crippen molar-refractivity contribution in [2.75, 3.05) is 13.2 Å². The highest BCUT2D eigenvalue weighted by molar-refractivity contribution is 5.89. The van der Waals surface area contributed by atoms with Gasteiger partial charge in [-0.05, 0) is 30.5 Å². The van der Waals surface area contributed by atoms with Crippen molar-refractivity contribution < 1.29 is 19.1 Å². The van der Waals surface area contributed by atoms with Gasteiger partial charge >= 0.3 is 11.9 Å². The van der Waals surface area contributed by atoms with Gasteiger partial charge in [0, 0.05) is 5.57 Å². The summed E-state index contributed by atoms with van der Waals surface area (Å²) in [7, 11) is 0. The van der Waals surface area contributed by atoms with Crippen molar-refractivity contribution in [3.05, 3.63) is 47.5 Å². The van der Waals surface area contributed by atoms with Crippen molar-refractivity contribution in [3.8, 4) is 0 Å². The lowest BCUT2D eigenvalue weighted by Crippen LogP contribution is -2.14. The molecule has 0 N–H and O–H groups in total. The molecule has 0 aliphatic rings. The van der Waals surface area contributed by atoms with Crippen LogP contribution in [0.5, 0.6) is 0 Å². The van der Waals surface area contributed by atoms with Gasteiger partial charge in [0.25, 0.3) is 0 Å². The monoisotopic (exact) mass is 276 g/mol. The summed E-state index contributed by atoms with van der Waals surface area (Å²) in [5.74, 6) is -0.490. The summed E-state index contributed by atoms with van der Waals surface area (Å²) in [6.45, 7) is 9.25. The molecule has 20 heavy (non-hydrogen) atoms. The Morgan fingerprint density at radius 1 is 1.10 bits per heavy atom. The Morgan fingerprint density at radius 3 is 2.15 bits per heavy atom. The topological polar surface area (TPSA) is 52.6 Å². The lowest BCUT2D eigenvalue weighted by atomic mass is 10.0. The first-order chi connectivity index (χ1) is 9.41. The molecule has 0 fully saturated rings. The summed E-state index contributed by atoms with van der Waals surface area (Å²) >= 11 is 0. The quantitative estimate of drug-likeness (QED) is 0.455. The first-order valence-electron chi connectivity index (χ1n) is 6.51. The number of carbonyl (C=O) groups excluding carboxylic acids is 2. The maximum atomic E-state index is 11.7. The minimum Gasteiger partial charge on any atom is -0.459 e. The summed E-state index contributed by atoms with van der Waals surface area (Å²) < 4.78 is 9.84. The minimum atomic E-state index is -0.484. The molecule has 0 amide bonds. The van der Waals surface area contributed by atoms with Crippen molar-refractivity contribution in [1.82, 2.24) is 0 Å². The molecule has 0 heterocycles. The Labute approximate surface area is 119 Å². The molecule has 4 nitrogen and oxygen atoms in total. The molecule has 0 saturated heterocycles. The first kappa shape index (κ1) is 16.0. The number of benzene rings is 1. The zero-order chi connectivity index (χ0) is 15.1. The SMILES string of the molecule is C=C(C)C(=O)OCCOC(=O)c1ccc(C(C)C)cc1. The third-order valence-electron chi connectivity index (χ3n) is 2.71. The molecule has 1 aromatic carbocycles. The van der Waals surface area contributed by atoms with Crippen LogP contribution in [0.25, 0.3) is 0 Å². The van der Waals surface area contributed by atoms with E-state index < -0.39 is 11.9 Å². The van der Waals surface area contributed by atoms with Crippen molar-refractivity contribution in [3.63, 3.8) is 0 Å². The standard InChI is InChI=1S/C16H20O4/c1-11(2)13-5-7-14(8-6-13)16(18)20-10-9-19-15(17)12(3)4/h5-8,11H,3,9-10H2,1-2,4H3. The minimum absolute atomic E-state index is 0.0293. The van der Waals surface area contributed by atoms with Crippen LogP contribution in [0.2, 0.25) is 0 Å². The summed E-state index contributed by atoms with van der Waals surface area (Å²) in [6, 6.07) is 7.28. The van der Waals surface area contributed by atoms with E-state index in [0.717, 1.165) is 5.56 Å². The molecule has 0 saturated carbocycles. The number of hydrogen-bond donors (Lipinski definition) is 0. The van der Waals surface area contributed by atoms with Crippen LogP contribution in [0.4, 0.5) is 0 Å². The average molecular weight is 276 g/mol. The molecule has 0 spiro atoms. The molecule has 4 heteroatoms. The van der Waals surface area contributed by atoms with E-state index in [1.165, 1.54) is 0 Å². The highest BCUT2D eigenvalue weighted by Crippen LogP contribution is 2.15. The van der Waals surface area contributed by atoms with Crippen molar-refractivity contribution in [2.45, 2.75) is 26.7 Å². The molecule has 108 valence electrons. The maximum Gasteiger partial charge on any atom is 0.338 e. The Morgan fingerprint density at radius 2 is 1.65 bits per heavy atom. The molecule has 1 rings (SSSR count). The number of carbonyl (C=O) groups is 2. The second-order valence-corrected chi connectivity index (χ2v) is 4.83. The fourth-order valence-corrected chi connectivity index (χ4v) is 1.48. The zero-order valence-corrected chi connectivity index (χ0v) is 12.1. The van der Waals surface area contributed by atoms with Crippen LogP contribution in [0.15, 0.2) is 36.4 Å². The summed E-state index contributed by atoms with van der Waals surface area (Å²) in [5, 5.41) is 0. The van der Waals surface area contributed by atoms with Gasteiger partial charge in [-0.2, -0.15) is 0 Å². The molecule has 0 aliphatic carbocycles. The lowest BCUT2D eigenvalue weighted by Gasteiger charge is -2.08. The van der Waals surface area contributed by atoms with Crippen LogP contribution in [0, 0.1) is 0 Å². The van der Waals surface area contributed by atoms with E-state index in [1.807, 2.05) is 12.1 Å². The van der Waals surface area contributed by atoms with Gasteiger partial charge in [0.1, 0.15) is 13.2 Å². The third-order valence-corrected chi connectivity index (χ3v) is 2.71. The van der Waals surface area contributed by atoms with E-state index >= 15 is 0 Å². The predicted molar refractivity (Wildman–Crippen MR) is 76.6 cm³/mol. The van der Waals surface area contributed by atoms with Gasteiger partial charge in [-0.1, -0.05) is 32.6 Å². The van der Waals surface area contributed by atoms with Gasteiger partial charge in [-0.3, -0.25) is 0 Å². The van der Waals surface area contributed by atoms with Crippen molar-refractivity contribution >= 4 is 11.9 Å². The van der Waals surface area contributed by atoms with E-state index in [-0.39, 0.29) is 13.2 Å². The summed E-state index contributed by atoms with van der Waals surface area (Å²) in [6.07, 6.45) is 0. The first-order valence-corrected chi connectivity index (χ1v) is 6.51. The Balaban J connectivity index is 2.39. The molecule has 0 aliphatic heterocycles. The molecule has 1 aromatic rings. The van der Waals surface area contributed by atoms with Gasteiger partial charge < -0.3 is 9.47 Å². The molecule has 0 aromatic heterocycles. The lowest BCUT2D eigenvalue weighted by molar-refractivity contribution is -0.140. The van der Waals surface area contributed by atoms with E-state index in [0.29, 0.717) is 17.1 Å². The van der Waals surface area contributed by atoms with Crippen molar-refractivity contribution in [2.24, 2.45) is 0 Å². The molecule has 0 radical (unpaired) electrons. The second-order valence-electron chi connectivity index (χ2n) is 4.83. The maximum absolute atomic E-state index is 11.7. The van der Waals surface area contributed by atoms with Crippen LogP contribution in [0.3, 0.4) is 0 Å². The normalized spacial score (nSPS) is 10.2. The number of rotatable bonds is 6. The Bertz CT molecular complexity index is 486. The predicted octanol–water partition coefficient (Wildman–Crippen LogP) is 3.09. The van der Waals surface area contributed by atoms with Crippen LogP contribution in [-0.4, -0.2) is 25.2 Å². The number of ether oxygens (including phenoxy) is 2. The van der Waals surface area contributed by atoms with E-state index in [4.69, 9.17) is 9.47 Å². The molecular formula is C16H20O4. The van der Waals surface area contributed by atoms with Gasteiger partial charge in [-0.25, -0.2) is 9.59 Å². The fourth-order valence-electron chi connectivity index (χ4n) is 1.48.